The van der Waals surface area contributed by atoms with Gasteiger partial charge in [-0.15, -0.1) is 0 Å². The number of hydrogen-bond acceptors (Lipinski definition) is 3. The summed E-state index contributed by atoms with van der Waals surface area (Å²) >= 11 is 0. The predicted octanol–water partition coefficient (Wildman–Crippen LogP) is 4.95. The van der Waals surface area contributed by atoms with Gasteiger partial charge in [-0.1, -0.05) is 34.6 Å². The van der Waals surface area contributed by atoms with Crippen LogP contribution in [0.15, 0.2) is 0 Å². The number of rotatable bonds is 6. The minimum atomic E-state index is -1.81. The molecule has 0 heterocycles. The van der Waals surface area contributed by atoms with E-state index in [1.165, 1.54) is 0 Å². The van der Waals surface area contributed by atoms with E-state index in [9.17, 15) is 4.79 Å². The summed E-state index contributed by atoms with van der Waals surface area (Å²) in [6.07, 6.45) is 0.519. The molecular weight excluding hydrogens is 294 g/mol. The summed E-state index contributed by atoms with van der Waals surface area (Å²) in [6.45, 7) is 21.6. The molecule has 1 amide bonds. The number of hydrogen-bond donors (Lipinski definition) is 1. The standard InChI is InChI=1S/C17H37NO3Si/c1-13(2)11-14(18-15(19)21-16(3,4)5)12-20-22(9,10)17(6,7)8/h13-14H,11-12H2,1-10H3,(H,18,19). The first-order valence-corrected chi connectivity index (χ1v) is 11.2. The van der Waals surface area contributed by atoms with E-state index >= 15 is 0 Å². The van der Waals surface area contributed by atoms with Crippen LogP contribution in [0.25, 0.3) is 0 Å². The van der Waals surface area contributed by atoms with Gasteiger partial charge in [0, 0.05) is 0 Å². The van der Waals surface area contributed by atoms with E-state index in [1.807, 2.05) is 20.8 Å². The summed E-state index contributed by atoms with van der Waals surface area (Å²) in [5.74, 6) is 0.489. The molecule has 0 aliphatic rings. The quantitative estimate of drug-likeness (QED) is 0.701. The van der Waals surface area contributed by atoms with E-state index in [4.69, 9.17) is 9.16 Å². The van der Waals surface area contributed by atoms with E-state index < -0.39 is 13.9 Å². The van der Waals surface area contributed by atoms with Crippen LogP contribution >= 0.6 is 0 Å². The number of amides is 1. The highest BCUT2D eigenvalue weighted by molar-refractivity contribution is 6.74. The van der Waals surface area contributed by atoms with Crippen molar-refractivity contribution in [2.45, 2.75) is 91.6 Å². The van der Waals surface area contributed by atoms with Crippen LogP contribution in [-0.2, 0) is 9.16 Å². The van der Waals surface area contributed by atoms with Crippen LogP contribution in [0.4, 0.5) is 4.79 Å². The van der Waals surface area contributed by atoms with Gasteiger partial charge in [0.15, 0.2) is 8.32 Å². The first-order chi connectivity index (χ1) is 9.64. The highest BCUT2D eigenvalue weighted by Gasteiger charge is 2.37. The molecule has 0 rings (SSSR count). The van der Waals surface area contributed by atoms with Crippen molar-refractivity contribution in [3.63, 3.8) is 0 Å². The third-order valence-electron chi connectivity index (χ3n) is 3.93. The van der Waals surface area contributed by atoms with Crippen molar-refractivity contribution in [1.29, 1.82) is 0 Å². The van der Waals surface area contributed by atoms with Crippen LogP contribution in [0.2, 0.25) is 18.1 Å². The Kier molecular flexibility index (Phi) is 7.62. The van der Waals surface area contributed by atoms with Crippen molar-refractivity contribution in [2.75, 3.05) is 6.61 Å². The van der Waals surface area contributed by atoms with Gasteiger partial charge >= 0.3 is 6.09 Å². The van der Waals surface area contributed by atoms with Crippen molar-refractivity contribution in [3.05, 3.63) is 0 Å². The maximum atomic E-state index is 12.0. The van der Waals surface area contributed by atoms with Crippen LogP contribution in [0.1, 0.15) is 61.8 Å². The second-order valence-electron chi connectivity index (χ2n) is 9.04. The third kappa shape index (κ3) is 8.78. The molecule has 0 aromatic carbocycles. The molecule has 5 heteroatoms. The van der Waals surface area contributed by atoms with Gasteiger partial charge in [0.2, 0.25) is 0 Å². The van der Waals surface area contributed by atoms with Crippen molar-refractivity contribution in [2.24, 2.45) is 5.92 Å². The number of alkyl carbamates (subject to hydrolysis) is 1. The Balaban J connectivity index is 4.70. The number of carbonyl (C=O) groups is 1. The zero-order valence-electron chi connectivity index (χ0n) is 16.3. The highest BCUT2D eigenvalue weighted by Crippen LogP contribution is 2.36. The molecule has 22 heavy (non-hydrogen) atoms. The fourth-order valence-electron chi connectivity index (χ4n) is 1.74. The van der Waals surface area contributed by atoms with Gasteiger partial charge in [-0.25, -0.2) is 4.79 Å². The Bertz CT molecular complexity index is 354. The second kappa shape index (κ2) is 7.82. The Morgan fingerprint density at radius 1 is 1.09 bits per heavy atom. The maximum absolute atomic E-state index is 12.0. The summed E-state index contributed by atoms with van der Waals surface area (Å²) in [5.41, 5.74) is -0.479. The van der Waals surface area contributed by atoms with Gasteiger partial charge in [-0.05, 0) is 51.2 Å². The molecule has 1 unspecified atom stereocenters. The average Bonchev–Trinajstić information content (AvgIpc) is 2.20. The molecule has 0 aliphatic heterocycles. The minimum absolute atomic E-state index is 0.0102. The van der Waals surface area contributed by atoms with E-state index in [0.717, 1.165) is 6.42 Å². The van der Waals surface area contributed by atoms with E-state index in [-0.39, 0.29) is 17.2 Å². The summed E-state index contributed by atoms with van der Waals surface area (Å²) < 4.78 is 11.6. The van der Waals surface area contributed by atoms with Crippen LogP contribution in [-0.4, -0.2) is 32.7 Å². The lowest BCUT2D eigenvalue weighted by molar-refractivity contribution is 0.0477. The van der Waals surface area contributed by atoms with Crippen molar-refractivity contribution < 1.29 is 14.0 Å². The molecule has 0 saturated heterocycles. The molecule has 0 fully saturated rings. The number of ether oxygens (including phenoxy) is 1. The van der Waals surface area contributed by atoms with Gasteiger partial charge < -0.3 is 14.5 Å². The SMILES string of the molecule is CC(C)CC(CO[Si](C)(C)C(C)(C)C)NC(=O)OC(C)(C)C. The Hall–Kier alpha value is -0.553. The first-order valence-electron chi connectivity index (χ1n) is 8.27. The van der Waals surface area contributed by atoms with Gasteiger partial charge in [0.05, 0.1) is 12.6 Å². The summed E-state index contributed by atoms with van der Waals surface area (Å²) in [4.78, 5) is 12.0. The lowest BCUT2D eigenvalue weighted by Gasteiger charge is -2.37. The van der Waals surface area contributed by atoms with Crippen LogP contribution in [0.5, 0.6) is 0 Å². The van der Waals surface area contributed by atoms with Crippen molar-refractivity contribution in [1.82, 2.24) is 5.32 Å². The second-order valence-corrected chi connectivity index (χ2v) is 13.9. The summed E-state index contributed by atoms with van der Waals surface area (Å²) in [6, 6.07) is -0.0102. The lowest BCUT2D eigenvalue weighted by atomic mass is 10.0. The van der Waals surface area contributed by atoms with Crippen LogP contribution in [0.3, 0.4) is 0 Å². The summed E-state index contributed by atoms with van der Waals surface area (Å²) in [7, 11) is -1.81. The molecule has 0 bridgehead atoms. The van der Waals surface area contributed by atoms with E-state index in [0.29, 0.717) is 12.5 Å². The smallest absolute Gasteiger partial charge is 0.407 e. The van der Waals surface area contributed by atoms with Gasteiger partial charge in [0.1, 0.15) is 5.60 Å². The number of nitrogens with one attached hydrogen (secondary N) is 1. The minimum Gasteiger partial charge on any atom is -0.444 e. The highest BCUT2D eigenvalue weighted by atomic mass is 28.4. The van der Waals surface area contributed by atoms with Crippen LogP contribution in [0, 0.1) is 5.92 Å². The molecule has 0 radical (unpaired) electrons. The van der Waals surface area contributed by atoms with Gasteiger partial charge in [0.25, 0.3) is 0 Å². The van der Waals surface area contributed by atoms with E-state index in [1.54, 1.807) is 0 Å². The van der Waals surface area contributed by atoms with E-state index in [2.05, 4.69) is 53.0 Å². The topological polar surface area (TPSA) is 47.6 Å². The van der Waals surface area contributed by atoms with Crippen molar-refractivity contribution in [3.8, 4) is 0 Å². The zero-order valence-corrected chi connectivity index (χ0v) is 17.3. The molecule has 0 saturated carbocycles. The van der Waals surface area contributed by atoms with Gasteiger partial charge in [-0.2, -0.15) is 0 Å². The molecule has 132 valence electrons. The van der Waals surface area contributed by atoms with Crippen LogP contribution < -0.4 is 5.32 Å². The summed E-state index contributed by atoms with van der Waals surface area (Å²) in [5, 5.41) is 3.13. The molecular formula is C17H37NO3Si. The fourth-order valence-corrected chi connectivity index (χ4v) is 2.79. The van der Waals surface area contributed by atoms with Crippen molar-refractivity contribution >= 4 is 14.4 Å². The molecule has 4 nitrogen and oxygen atoms in total. The monoisotopic (exact) mass is 331 g/mol. The average molecular weight is 332 g/mol. The maximum Gasteiger partial charge on any atom is 0.407 e. The third-order valence-corrected chi connectivity index (χ3v) is 8.43. The molecule has 0 aromatic rings. The fraction of sp³-hybridized carbons (Fsp3) is 0.941. The largest absolute Gasteiger partial charge is 0.444 e. The van der Waals surface area contributed by atoms with Gasteiger partial charge in [-0.3, -0.25) is 0 Å². The predicted molar refractivity (Wildman–Crippen MR) is 95.8 cm³/mol. The lowest BCUT2D eigenvalue weighted by Crippen LogP contribution is -2.47. The molecule has 0 aliphatic carbocycles. The Labute approximate surface area is 138 Å². The first kappa shape index (κ1) is 21.4. The molecule has 1 N–H and O–H groups in total. The molecule has 0 spiro atoms. The Morgan fingerprint density at radius 2 is 1.59 bits per heavy atom. The number of carbonyl (C=O) groups excluding carboxylic acids is 1. The molecule has 1 atom stereocenters. The zero-order chi connectivity index (χ0) is 17.8. The Morgan fingerprint density at radius 3 is 1.95 bits per heavy atom. The normalized spacial score (nSPS) is 14.9. The molecule has 0 aromatic heterocycles.